The van der Waals surface area contributed by atoms with E-state index in [1.165, 1.54) is 12.1 Å². The molecule has 3 rings (SSSR count). The number of benzene rings is 3. The number of hydrogen-bond acceptors (Lipinski definition) is 6. The Kier molecular flexibility index (Phi) is 8.53. The van der Waals surface area contributed by atoms with Crippen LogP contribution in [0.4, 0.5) is 26.3 Å². The average molecular weight is 639 g/mol. The van der Waals surface area contributed by atoms with Gasteiger partial charge in [-0.3, -0.25) is 0 Å². The van der Waals surface area contributed by atoms with E-state index in [2.05, 4.69) is 0 Å². The van der Waals surface area contributed by atoms with E-state index in [4.69, 9.17) is 8.37 Å². The van der Waals surface area contributed by atoms with Crippen molar-refractivity contribution in [3.63, 3.8) is 0 Å². The van der Waals surface area contributed by atoms with Crippen molar-refractivity contribution in [2.45, 2.75) is 74.5 Å². The third kappa shape index (κ3) is 7.57. The van der Waals surface area contributed by atoms with Crippen molar-refractivity contribution in [2.75, 3.05) is 0 Å². The van der Waals surface area contributed by atoms with Gasteiger partial charge in [0.15, 0.2) is 0 Å². The Morgan fingerprint density at radius 3 is 0.976 bits per heavy atom. The lowest BCUT2D eigenvalue weighted by Gasteiger charge is -2.28. The van der Waals surface area contributed by atoms with Gasteiger partial charge < -0.3 is 8.37 Å². The van der Waals surface area contributed by atoms with Gasteiger partial charge in [-0.15, -0.1) is 0 Å². The molecule has 3 aromatic carbocycles. The highest BCUT2D eigenvalue weighted by Gasteiger charge is 2.34. The first-order valence-corrected chi connectivity index (χ1v) is 15.1. The topological polar surface area (TPSA) is 86.7 Å². The van der Waals surface area contributed by atoms with Gasteiger partial charge in [-0.1, -0.05) is 41.5 Å². The monoisotopic (exact) mass is 638 g/mol. The summed E-state index contributed by atoms with van der Waals surface area (Å²) in [6.07, 6.45) is -9.36. The van der Waals surface area contributed by atoms with Crippen LogP contribution in [-0.4, -0.2) is 16.8 Å². The van der Waals surface area contributed by atoms with Crippen LogP contribution in [-0.2, 0) is 43.4 Å². The molecule has 0 atom stereocenters. The van der Waals surface area contributed by atoms with Gasteiger partial charge in [-0.2, -0.15) is 43.2 Å². The molecule has 0 radical (unpaired) electrons. The first kappa shape index (κ1) is 33.2. The van der Waals surface area contributed by atoms with Crippen LogP contribution in [0.25, 0.3) is 0 Å². The minimum absolute atomic E-state index is 0.170. The predicted octanol–water partition coefficient (Wildman–Crippen LogP) is 7.85. The number of halogens is 6. The maximum Gasteiger partial charge on any atom is 0.416 e. The lowest BCUT2D eigenvalue weighted by molar-refractivity contribution is -0.138. The van der Waals surface area contributed by atoms with Gasteiger partial charge in [0.2, 0.25) is 0 Å². The van der Waals surface area contributed by atoms with Crippen molar-refractivity contribution in [3.8, 4) is 11.5 Å². The van der Waals surface area contributed by atoms with Gasteiger partial charge in [0.25, 0.3) is 0 Å². The van der Waals surface area contributed by atoms with E-state index in [-0.39, 0.29) is 22.6 Å². The summed E-state index contributed by atoms with van der Waals surface area (Å²) in [7, 11) is -9.29. The molecule has 0 aliphatic rings. The van der Waals surface area contributed by atoms with Gasteiger partial charge in [0, 0.05) is 11.1 Å². The highest BCUT2D eigenvalue weighted by Crippen LogP contribution is 2.43. The molecule has 0 heterocycles. The van der Waals surface area contributed by atoms with Gasteiger partial charge in [-0.05, 0) is 71.5 Å². The summed E-state index contributed by atoms with van der Waals surface area (Å²) in [5.74, 6) is -0.432. The van der Waals surface area contributed by atoms with Gasteiger partial charge in [-0.25, -0.2) is 0 Å². The third-order valence-electron chi connectivity index (χ3n) is 6.04. The van der Waals surface area contributed by atoms with Crippen molar-refractivity contribution in [3.05, 3.63) is 82.9 Å². The fourth-order valence-corrected chi connectivity index (χ4v) is 5.70. The normalized spacial score (nSPS) is 13.6. The maximum absolute atomic E-state index is 13.1. The van der Waals surface area contributed by atoms with E-state index in [1.54, 1.807) is 41.5 Å². The molecule has 0 aliphatic heterocycles. The molecular formula is C28H28F6O6S2. The van der Waals surface area contributed by atoms with Crippen molar-refractivity contribution < 1.29 is 51.5 Å². The molecule has 0 amide bonds. The Morgan fingerprint density at radius 2 is 0.762 bits per heavy atom. The molecule has 0 N–H and O–H groups in total. The van der Waals surface area contributed by atoms with Crippen LogP contribution in [0.1, 0.15) is 63.8 Å². The molecule has 0 saturated heterocycles. The highest BCUT2D eigenvalue weighted by molar-refractivity contribution is 7.87. The van der Waals surface area contributed by atoms with Crippen LogP contribution in [0.15, 0.2) is 70.5 Å². The molecule has 230 valence electrons. The van der Waals surface area contributed by atoms with Crippen LogP contribution >= 0.6 is 0 Å². The summed E-state index contributed by atoms with van der Waals surface area (Å²) >= 11 is 0. The summed E-state index contributed by atoms with van der Waals surface area (Å²) in [6.45, 7) is 10.0. The van der Waals surface area contributed by atoms with Crippen molar-refractivity contribution in [1.82, 2.24) is 0 Å². The quantitative estimate of drug-likeness (QED) is 0.202. The van der Waals surface area contributed by atoms with Gasteiger partial charge >= 0.3 is 32.6 Å². The second kappa shape index (κ2) is 10.8. The maximum atomic E-state index is 13.1. The molecule has 42 heavy (non-hydrogen) atoms. The first-order valence-electron chi connectivity index (χ1n) is 12.2. The smallest absolute Gasteiger partial charge is 0.379 e. The van der Waals surface area contributed by atoms with Crippen LogP contribution < -0.4 is 8.37 Å². The first-order chi connectivity index (χ1) is 18.8. The molecule has 0 bridgehead atoms. The fourth-order valence-electron chi connectivity index (χ4n) is 3.82. The molecule has 0 spiro atoms. The molecular weight excluding hydrogens is 610 g/mol. The Labute approximate surface area is 240 Å². The van der Waals surface area contributed by atoms with E-state index in [0.717, 1.165) is 24.3 Å². The largest absolute Gasteiger partial charge is 0.416 e. The van der Waals surface area contributed by atoms with Crippen LogP contribution in [0.3, 0.4) is 0 Å². The van der Waals surface area contributed by atoms with Crippen molar-refractivity contribution in [1.29, 1.82) is 0 Å². The molecule has 0 aromatic heterocycles. The average Bonchev–Trinajstić information content (AvgIpc) is 2.82. The molecule has 0 unspecified atom stereocenters. The standard InChI is InChI=1S/C28H28F6O6S2/c1-25(2,3)21-15-24(40-42(37,38)20-13-9-18(10-14-20)28(32,33)34)22(26(4,5)6)16-23(21)39-41(35,36)19-11-7-17(8-12-19)27(29,30)31/h7-16H,1-6H3. The minimum Gasteiger partial charge on any atom is -0.379 e. The predicted molar refractivity (Wildman–Crippen MR) is 142 cm³/mol. The zero-order chi connectivity index (χ0) is 32.1. The third-order valence-corrected chi connectivity index (χ3v) is 8.53. The Hall–Kier alpha value is -3.26. The number of hydrogen-bond donors (Lipinski definition) is 0. The SMILES string of the molecule is CC(C)(C)c1cc(OS(=O)(=O)c2ccc(C(F)(F)F)cc2)c(C(C)(C)C)cc1OS(=O)(=O)c1ccc(C(F)(F)F)cc1. The second-order valence-corrected chi connectivity index (χ2v) is 14.6. The molecule has 0 fully saturated rings. The van der Waals surface area contributed by atoms with Crippen LogP contribution in [0.5, 0.6) is 11.5 Å². The molecule has 0 aliphatic carbocycles. The fraction of sp³-hybridized carbons (Fsp3) is 0.357. The molecule has 3 aromatic rings. The highest BCUT2D eigenvalue weighted by atomic mass is 32.2. The molecule has 6 nitrogen and oxygen atoms in total. The van der Waals surface area contributed by atoms with Crippen LogP contribution in [0, 0.1) is 0 Å². The van der Waals surface area contributed by atoms with E-state index in [0.29, 0.717) is 24.3 Å². The zero-order valence-electron chi connectivity index (χ0n) is 23.3. The molecule has 0 saturated carbocycles. The van der Waals surface area contributed by atoms with Crippen molar-refractivity contribution in [2.24, 2.45) is 0 Å². The number of alkyl halides is 6. The Balaban J connectivity index is 2.12. The van der Waals surface area contributed by atoms with Gasteiger partial charge in [0.05, 0.1) is 11.1 Å². The lowest BCUT2D eigenvalue weighted by Crippen LogP contribution is -2.22. The van der Waals surface area contributed by atoms with Gasteiger partial charge in [0.1, 0.15) is 21.3 Å². The van der Waals surface area contributed by atoms with E-state index in [9.17, 15) is 43.2 Å². The zero-order valence-corrected chi connectivity index (χ0v) is 24.9. The second-order valence-electron chi connectivity index (χ2n) is 11.5. The number of rotatable bonds is 6. The Bertz CT molecular complexity index is 1530. The summed E-state index contributed by atoms with van der Waals surface area (Å²) in [5, 5.41) is 0. The Morgan fingerprint density at radius 1 is 0.500 bits per heavy atom. The van der Waals surface area contributed by atoms with Crippen molar-refractivity contribution >= 4 is 20.2 Å². The summed E-state index contributed by atoms with van der Waals surface area (Å²) in [4.78, 5) is -1.09. The summed E-state index contributed by atoms with van der Waals surface area (Å²) < 4.78 is 141. The van der Waals surface area contributed by atoms with E-state index < -0.39 is 64.3 Å². The summed E-state index contributed by atoms with van der Waals surface area (Å²) in [6, 6.07) is 7.96. The van der Waals surface area contributed by atoms with E-state index >= 15 is 0 Å². The summed E-state index contributed by atoms with van der Waals surface area (Å²) in [5.41, 5.74) is -3.52. The molecule has 14 heteroatoms. The van der Waals surface area contributed by atoms with E-state index in [1.807, 2.05) is 0 Å². The minimum atomic E-state index is -4.68. The lowest BCUT2D eigenvalue weighted by atomic mass is 9.81. The van der Waals surface area contributed by atoms with Crippen LogP contribution in [0.2, 0.25) is 0 Å².